The maximum Gasteiger partial charge on any atom is 0.348 e. The molecule has 9 heteroatoms. The summed E-state index contributed by atoms with van der Waals surface area (Å²) >= 11 is 1.14. The average molecular weight is 450 g/mol. The van der Waals surface area contributed by atoms with Crippen molar-refractivity contribution in [1.82, 2.24) is 4.98 Å². The van der Waals surface area contributed by atoms with Crippen LogP contribution in [0.5, 0.6) is 0 Å². The van der Waals surface area contributed by atoms with Crippen LogP contribution in [0.4, 0.5) is 10.8 Å². The molecule has 0 radical (unpaired) electrons. The highest BCUT2D eigenvalue weighted by molar-refractivity contribution is 7.17. The van der Waals surface area contributed by atoms with Gasteiger partial charge >= 0.3 is 5.97 Å². The molecule has 1 aliphatic heterocycles. The van der Waals surface area contributed by atoms with Crippen molar-refractivity contribution in [3.05, 3.63) is 65.0 Å². The number of hydrogen-bond acceptors (Lipinski definition) is 6. The number of hydrogen-bond donors (Lipinski definition) is 4. The van der Waals surface area contributed by atoms with Crippen molar-refractivity contribution >= 4 is 39.9 Å². The highest BCUT2D eigenvalue weighted by Gasteiger charge is 2.28. The molecule has 0 aliphatic carbocycles. The summed E-state index contributed by atoms with van der Waals surface area (Å²) in [6.07, 6.45) is 1.34. The summed E-state index contributed by atoms with van der Waals surface area (Å²) in [5, 5.41) is 20.8. The summed E-state index contributed by atoms with van der Waals surface area (Å²) in [6, 6.07) is 16.2. The molecule has 0 bridgehead atoms. The third kappa shape index (κ3) is 4.62. The monoisotopic (exact) mass is 449 g/mol. The van der Waals surface area contributed by atoms with Gasteiger partial charge in [-0.1, -0.05) is 53.8 Å². The fraction of sp³-hybridized carbons (Fsp3) is 0.217. The number of nitrogens with one attached hydrogen (secondary N) is 2. The molecule has 1 fully saturated rings. The van der Waals surface area contributed by atoms with Gasteiger partial charge in [-0.3, -0.25) is 10.2 Å². The first-order chi connectivity index (χ1) is 15.4. The minimum Gasteiger partial charge on any atom is -0.477 e. The van der Waals surface area contributed by atoms with Crippen LogP contribution in [0.3, 0.4) is 0 Å². The Hall–Kier alpha value is -3.72. The van der Waals surface area contributed by atoms with Crippen LogP contribution in [0.1, 0.15) is 28.1 Å². The zero-order valence-corrected chi connectivity index (χ0v) is 18.1. The molecule has 164 valence electrons. The van der Waals surface area contributed by atoms with Crippen LogP contribution in [0.2, 0.25) is 0 Å². The van der Waals surface area contributed by atoms with E-state index in [9.17, 15) is 14.7 Å². The summed E-state index contributed by atoms with van der Waals surface area (Å²) in [4.78, 5) is 31.2. The van der Waals surface area contributed by atoms with Gasteiger partial charge < -0.3 is 21.1 Å². The summed E-state index contributed by atoms with van der Waals surface area (Å²) < 4.78 is 0. The van der Waals surface area contributed by atoms with E-state index in [0.717, 1.165) is 17.0 Å². The highest BCUT2D eigenvalue weighted by atomic mass is 32.1. The maximum atomic E-state index is 12.6. The van der Waals surface area contributed by atoms with Crippen LogP contribution in [0.25, 0.3) is 11.3 Å². The van der Waals surface area contributed by atoms with E-state index >= 15 is 0 Å². The van der Waals surface area contributed by atoms with E-state index in [0.29, 0.717) is 47.9 Å². The number of carbonyl (C=O) groups excluding carboxylic acids is 1. The number of carbonyl (C=O) groups is 2. The Morgan fingerprint density at radius 3 is 2.34 bits per heavy atom. The van der Waals surface area contributed by atoms with Gasteiger partial charge in [0.1, 0.15) is 10.7 Å². The second-order valence-corrected chi connectivity index (χ2v) is 8.56. The van der Waals surface area contributed by atoms with Crippen LogP contribution in [-0.4, -0.2) is 40.9 Å². The number of aromatic carboxylic acids is 1. The van der Waals surface area contributed by atoms with Crippen LogP contribution in [0, 0.1) is 11.3 Å². The molecule has 1 aliphatic rings. The Balaban J connectivity index is 1.46. The molecule has 0 unspecified atom stereocenters. The Labute approximate surface area is 189 Å². The number of piperidine rings is 1. The number of benzene rings is 2. The maximum absolute atomic E-state index is 12.6. The minimum atomic E-state index is -1.03. The molecule has 3 aromatic rings. The summed E-state index contributed by atoms with van der Waals surface area (Å²) in [5.41, 5.74) is 7.91. The number of thiazole rings is 1. The zero-order chi connectivity index (χ0) is 22.7. The molecule has 1 aromatic heterocycles. The first-order valence-electron chi connectivity index (χ1n) is 10.2. The molecule has 0 spiro atoms. The van der Waals surface area contributed by atoms with E-state index < -0.39 is 5.97 Å². The molecule has 8 nitrogen and oxygen atoms in total. The van der Waals surface area contributed by atoms with E-state index in [-0.39, 0.29) is 22.5 Å². The lowest BCUT2D eigenvalue weighted by atomic mass is 9.96. The predicted octanol–water partition coefficient (Wildman–Crippen LogP) is 3.65. The lowest BCUT2D eigenvalue weighted by Gasteiger charge is -2.31. The number of nitrogens with two attached hydrogens (primary N) is 1. The standard InChI is InChI=1S/C23H23N5O3S/c24-20(25)15-8-6-14(7-9-15)18-19(22(30)31)32-23(27-18)28-12-10-16(11-13-28)21(29)26-17-4-2-1-3-5-17/h1-9,16H,10-13H2,(H3,24,25)(H,26,29)(H,30,31). The number of carboxylic acid groups (broad SMARTS) is 1. The van der Waals surface area contributed by atoms with Gasteiger partial charge in [-0.2, -0.15) is 0 Å². The van der Waals surface area contributed by atoms with Crippen molar-refractivity contribution in [3.63, 3.8) is 0 Å². The lowest BCUT2D eigenvalue weighted by molar-refractivity contribution is -0.120. The second-order valence-electron chi connectivity index (χ2n) is 7.59. The summed E-state index contributed by atoms with van der Waals surface area (Å²) in [6.45, 7) is 1.25. The van der Waals surface area contributed by atoms with E-state index in [1.807, 2.05) is 35.2 Å². The zero-order valence-electron chi connectivity index (χ0n) is 17.2. The van der Waals surface area contributed by atoms with Crippen molar-refractivity contribution in [2.75, 3.05) is 23.3 Å². The lowest BCUT2D eigenvalue weighted by Crippen LogP contribution is -2.38. The molecule has 2 heterocycles. The first-order valence-corrected chi connectivity index (χ1v) is 11.0. The van der Waals surface area contributed by atoms with E-state index in [4.69, 9.17) is 11.1 Å². The number of nitrogen functional groups attached to an aromatic ring is 1. The van der Waals surface area contributed by atoms with Crippen molar-refractivity contribution in [2.24, 2.45) is 11.7 Å². The molecule has 1 saturated heterocycles. The minimum absolute atomic E-state index is 0.00691. The van der Waals surface area contributed by atoms with Crippen molar-refractivity contribution < 1.29 is 14.7 Å². The quantitative estimate of drug-likeness (QED) is 0.335. The van der Waals surface area contributed by atoms with Gasteiger partial charge in [-0.15, -0.1) is 0 Å². The molecule has 1 amide bonds. The normalized spacial score (nSPS) is 14.2. The first kappa shape index (κ1) is 21.5. The molecule has 0 atom stereocenters. The van der Waals surface area contributed by atoms with Gasteiger partial charge in [0.25, 0.3) is 0 Å². The number of carboxylic acids is 1. The second kappa shape index (κ2) is 9.19. The molecular formula is C23H23N5O3S. The number of aromatic nitrogens is 1. The Morgan fingerprint density at radius 1 is 1.09 bits per heavy atom. The van der Waals surface area contributed by atoms with Crippen LogP contribution >= 0.6 is 11.3 Å². The Morgan fingerprint density at radius 2 is 1.75 bits per heavy atom. The largest absolute Gasteiger partial charge is 0.477 e. The van der Waals surface area contributed by atoms with Gasteiger partial charge in [0.05, 0.1) is 5.69 Å². The molecular weight excluding hydrogens is 426 g/mol. The molecule has 5 N–H and O–H groups in total. The Bertz CT molecular complexity index is 1140. The van der Waals surface area contributed by atoms with Crippen LogP contribution in [0.15, 0.2) is 54.6 Å². The van der Waals surface area contributed by atoms with Gasteiger partial charge in [0.2, 0.25) is 5.91 Å². The Kier molecular flexibility index (Phi) is 6.18. The topological polar surface area (TPSA) is 132 Å². The smallest absolute Gasteiger partial charge is 0.348 e. The van der Waals surface area contributed by atoms with E-state index in [1.165, 1.54) is 0 Å². The third-order valence-electron chi connectivity index (χ3n) is 5.46. The van der Waals surface area contributed by atoms with Crippen molar-refractivity contribution in [3.8, 4) is 11.3 Å². The average Bonchev–Trinajstić information content (AvgIpc) is 3.26. The number of nitrogens with zero attached hydrogens (tertiary/aromatic N) is 2. The van der Waals surface area contributed by atoms with Gasteiger partial charge in [0.15, 0.2) is 5.13 Å². The van der Waals surface area contributed by atoms with E-state index in [2.05, 4.69) is 10.3 Å². The predicted molar refractivity (Wildman–Crippen MR) is 126 cm³/mol. The molecule has 2 aromatic carbocycles. The SMILES string of the molecule is N=C(N)c1ccc(-c2nc(N3CCC(C(=O)Nc4ccccc4)CC3)sc2C(=O)O)cc1. The number of para-hydroxylation sites is 1. The molecule has 32 heavy (non-hydrogen) atoms. The van der Waals surface area contributed by atoms with Crippen LogP contribution in [-0.2, 0) is 4.79 Å². The molecule has 4 rings (SSSR count). The van der Waals surface area contributed by atoms with Gasteiger partial charge in [0, 0.05) is 35.8 Å². The summed E-state index contributed by atoms with van der Waals surface area (Å²) in [7, 11) is 0. The fourth-order valence-corrected chi connectivity index (χ4v) is 4.67. The number of amidine groups is 1. The van der Waals surface area contributed by atoms with Crippen LogP contribution < -0.4 is 16.0 Å². The summed E-state index contributed by atoms with van der Waals surface area (Å²) in [5.74, 6) is -1.17. The van der Waals surface area contributed by atoms with Crippen molar-refractivity contribution in [1.29, 1.82) is 5.41 Å². The fourth-order valence-electron chi connectivity index (χ4n) is 3.69. The van der Waals surface area contributed by atoms with E-state index in [1.54, 1.807) is 24.3 Å². The molecule has 0 saturated carbocycles. The highest BCUT2D eigenvalue weighted by Crippen LogP contribution is 2.35. The van der Waals surface area contributed by atoms with Crippen molar-refractivity contribution in [2.45, 2.75) is 12.8 Å². The van der Waals surface area contributed by atoms with Gasteiger partial charge in [-0.25, -0.2) is 9.78 Å². The number of amides is 1. The number of rotatable bonds is 6. The third-order valence-corrected chi connectivity index (χ3v) is 6.56. The van der Waals surface area contributed by atoms with Gasteiger partial charge in [-0.05, 0) is 25.0 Å². The number of anilines is 2.